The molecule has 2 aromatic rings. The Morgan fingerprint density at radius 2 is 2.19 bits per heavy atom. The third-order valence-electron chi connectivity index (χ3n) is 5.40. The number of halogens is 1. The minimum atomic E-state index is 0.00464. The standard InChI is InChI=1S/C19H23ClN4O3/c1-22-7-8-23(12-18(22)26)17(25)9-13-3-2-6-24(11-13)19-21-15-5-4-14(20)10-16(15)27-19/h4-5,10,13H,2-3,6-9,11-12H2,1H3. The fraction of sp³-hybridized carbons (Fsp3) is 0.526. The molecule has 2 fully saturated rings. The predicted octanol–water partition coefficient (Wildman–Crippen LogP) is 2.39. The van der Waals surface area contributed by atoms with Crippen LogP contribution in [0.3, 0.4) is 0 Å². The average molecular weight is 391 g/mol. The van der Waals surface area contributed by atoms with Gasteiger partial charge in [-0.3, -0.25) is 9.59 Å². The van der Waals surface area contributed by atoms with Crippen LogP contribution in [0.2, 0.25) is 5.02 Å². The van der Waals surface area contributed by atoms with E-state index in [1.807, 2.05) is 6.07 Å². The maximum atomic E-state index is 12.6. The molecule has 2 aliphatic rings. The number of amides is 2. The molecular formula is C19H23ClN4O3. The number of piperazine rings is 1. The first-order valence-corrected chi connectivity index (χ1v) is 9.70. The van der Waals surface area contributed by atoms with Crippen molar-refractivity contribution in [2.45, 2.75) is 19.3 Å². The summed E-state index contributed by atoms with van der Waals surface area (Å²) >= 11 is 6.02. The number of oxazole rings is 1. The highest BCUT2D eigenvalue weighted by molar-refractivity contribution is 6.31. The molecule has 27 heavy (non-hydrogen) atoms. The predicted molar refractivity (Wildman–Crippen MR) is 103 cm³/mol. The highest BCUT2D eigenvalue weighted by atomic mass is 35.5. The number of hydrogen-bond donors (Lipinski definition) is 0. The lowest BCUT2D eigenvalue weighted by Gasteiger charge is -2.35. The van der Waals surface area contributed by atoms with Gasteiger partial charge in [-0.15, -0.1) is 0 Å². The lowest BCUT2D eigenvalue weighted by Crippen LogP contribution is -2.51. The van der Waals surface area contributed by atoms with Crippen LogP contribution < -0.4 is 4.90 Å². The molecule has 0 bridgehead atoms. The number of rotatable bonds is 3. The summed E-state index contributed by atoms with van der Waals surface area (Å²) in [5.41, 5.74) is 1.45. The molecule has 3 heterocycles. The second-order valence-electron chi connectivity index (χ2n) is 7.40. The number of benzene rings is 1. The van der Waals surface area contributed by atoms with E-state index in [0.29, 0.717) is 36.1 Å². The Hall–Kier alpha value is -2.28. The molecule has 2 aliphatic heterocycles. The highest BCUT2D eigenvalue weighted by Gasteiger charge is 2.29. The number of aromatic nitrogens is 1. The van der Waals surface area contributed by atoms with E-state index in [1.165, 1.54) is 0 Å². The topological polar surface area (TPSA) is 69.9 Å². The number of carbonyl (C=O) groups excluding carboxylic acids is 2. The molecule has 8 heteroatoms. The smallest absolute Gasteiger partial charge is 0.298 e. The van der Waals surface area contributed by atoms with Crippen molar-refractivity contribution in [2.24, 2.45) is 5.92 Å². The van der Waals surface area contributed by atoms with Crippen LogP contribution in [0.1, 0.15) is 19.3 Å². The van der Waals surface area contributed by atoms with E-state index >= 15 is 0 Å². The first-order chi connectivity index (χ1) is 13.0. The van der Waals surface area contributed by atoms with Crippen molar-refractivity contribution >= 4 is 40.5 Å². The second-order valence-corrected chi connectivity index (χ2v) is 7.83. The maximum Gasteiger partial charge on any atom is 0.298 e. The van der Waals surface area contributed by atoms with Crippen LogP contribution in [0.25, 0.3) is 11.1 Å². The Morgan fingerprint density at radius 3 is 3.00 bits per heavy atom. The fourth-order valence-corrected chi connectivity index (χ4v) is 3.94. The molecule has 2 saturated heterocycles. The van der Waals surface area contributed by atoms with E-state index in [1.54, 1.807) is 29.0 Å². The summed E-state index contributed by atoms with van der Waals surface area (Å²) in [6, 6.07) is 5.99. The van der Waals surface area contributed by atoms with E-state index in [2.05, 4.69) is 9.88 Å². The van der Waals surface area contributed by atoms with E-state index in [0.717, 1.165) is 31.4 Å². The lowest BCUT2D eigenvalue weighted by molar-refractivity contribution is -0.144. The third-order valence-corrected chi connectivity index (χ3v) is 5.64. The Balaban J connectivity index is 1.40. The van der Waals surface area contributed by atoms with Crippen molar-refractivity contribution < 1.29 is 14.0 Å². The number of carbonyl (C=O) groups is 2. The van der Waals surface area contributed by atoms with E-state index < -0.39 is 0 Å². The van der Waals surface area contributed by atoms with Gasteiger partial charge in [-0.25, -0.2) is 0 Å². The van der Waals surface area contributed by atoms with Gasteiger partial charge in [0.25, 0.3) is 6.01 Å². The van der Waals surface area contributed by atoms with Crippen molar-refractivity contribution in [3.05, 3.63) is 23.2 Å². The normalized spacial score (nSPS) is 21.2. The SMILES string of the molecule is CN1CCN(C(=O)CC2CCCN(c3nc4ccc(Cl)cc4o3)C2)CC1=O. The number of piperidine rings is 1. The average Bonchev–Trinajstić information content (AvgIpc) is 3.07. The molecule has 0 aliphatic carbocycles. The molecule has 1 unspecified atom stereocenters. The molecule has 0 spiro atoms. The number of fused-ring (bicyclic) bond motifs is 1. The zero-order chi connectivity index (χ0) is 19.0. The molecule has 4 rings (SSSR count). The van der Waals surface area contributed by atoms with Gasteiger partial charge < -0.3 is 19.1 Å². The number of likely N-dealkylation sites (N-methyl/N-ethyl adjacent to an activating group) is 1. The first kappa shape index (κ1) is 18.1. The second kappa shape index (κ2) is 7.38. The van der Waals surface area contributed by atoms with Crippen LogP contribution in [0, 0.1) is 5.92 Å². The third kappa shape index (κ3) is 3.88. The van der Waals surface area contributed by atoms with Gasteiger partial charge in [0.05, 0.1) is 6.54 Å². The minimum absolute atomic E-state index is 0.00464. The number of nitrogens with zero attached hydrogens (tertiary/aromatic N) is 4. The van der Waals surface area contributed by atoms with E-state index in [-0.39, 0.29) is 24.3 Å². The van der Waals surface area contributed by atoms with Crippen molar-refractivity contribution in [3.63, 3.8) is 0 Å². The summed E-state index contributed by atoms with van der Waals surface area (Å²) in [5, 5.41) is 0.619. The zero-order valence-electron chi connectivity index (χ0n) is 15.4. The van der Waals surface area contributed by atoms with Crippen LogP contribution in [0.4, 0.5) is 6.01 Å². The summed E-state index contributed by atoms with van der Waals surface area (Å²) < 4.78 is 5.87. The highest BCUT2D eigenvalue weighted by Crippen LogP contribution is 2.29. The molecule has 0 saturated carbocycles. The van der Waals surface area contributed by atoms with Gasteiger partial charge in [-0.1, -0.05) is 11.6 Å². The van der Waals surface area contributed by atoms with Crippen LogP contribution in [0.15, 0.2) is 22.6 Å². The Morgan fingerprint density at radius 1 is 1.33 bits per heavy atom. The summed E-state index contributed by atoms with van der Waals surface area (Å²) in [4.78, 5) is 34.5. The van der Waals surface area contributed by atoms with Gasteiger partial charge in [0.1, 0.15) is 5.52 Å². The monoisotopic (exact) mass is 390 g/mol. The maximum absolute atomic E-state index is 12.6. The molecule has 0 N–H and O–H groups in total. The Kier molecular flexibility index (Phi) is 4.95. The fourth-order valence-electron chi connectivity index (χ4n) is 3.77. The van der Waals surface area contributed by atoms with Crippen LogP contribution in [0.5, 0.6) is 0 Å². The Bertz CT molecular complexity index is 868. The van der Waals surface area contributed by atoms with Gasteiger partial charge in [0.15, 0.2) is 5.58 Å². The van der Waals surface area contributed by atoms with Gasteiger partial charge in [-0.05, 0) is 30.9 Å². The molecule has 0 radical (unpaired) electrons. The van der Waals surface area contributed by atoms with E-state index in [4.69, 9.17) is 16.0 Å². The zero-order valence-corrected chi connectivity index (χ0v) is 16.1. The first-order valence-electron chi connectivity index (χ1n) is 9.32. The summed E-state index contributed by atoms with van der Waals surface area (Å²) in [6.07, 6.45) is 2.44. The molecule has 1 atom stereocenters. The number of anilines is 1. The minimum Gasteiger partial charge on any atom is -0.423 e. The molecule has 7 nitrogen and oxygen atoms in total. The van der Waals surface area contributed by atoms with Gasteiger partial charge in [-0.2, -0.15) is 4.98 Å². The van der Waals surface area contributed by atoms with Gasteiger partial charge in [0, 0.05) is 50.7 Å². The molecule has 1 aromatic heterocycles. The summed E-state index contributed by atoms with van der Waals surface area (Å²) in [6.45, 7) is 3.00. The van der Waals surface area contributed by atoms with Crippen LogP contribution in [-0.4, -0.2) is 66.4 Å². The molecule has 144 valence electrons. The van der Waals surface area contributed by atoms with Crippen LogP contribution in [-0.2, 0) is 9.59 Å². The Labute approximate surface area is 162 Å². The molecule has 1 aromatic carbocycles. The summed E-state index contributed by atoms with van der Waals surface area (Å²) in [7, 11) is 1.77. The van der Waals surface area contributed by atoms with Crippen molar-refractivity contribution in [1.29, 1.82) is 0 Å². The number of hydrogen-bond acceptors (Lipinski definition) is 5. The largest absolute Gasteiger partial charge is 0.423 e. The molecule has 2 amide bonds. The van der Waals surface area contributed by atoms with E-state index in [9.17, 15) is 9.59 Å². The van der Waals surface area contributed by atoms with Crippen molar-refractivity contribution in [3.8, 4) is 0 Å². The van der Waals surface area contributed by atoms with Gasteiger partial charge >= 0.3 is 0 Å². The van der Waals surface area contributed by atoms with Crippen molar-refractivity contribution in [1.82, 2.24) is 14.8 Å². The summed E-state index contributed by atoms with van der Waals surface area (Å²) in [5.74, 6) is 0.303. The quantitative estimate of drug-likeness (QED) is 0.804. The lowest BCUT2D eigenvalue weighted by atomic mass is 9.94. The molecular weight excluding hydrogens is 368 g/mol. The van der Waals surface area contributed by atoms with Crippen molar-refractivity contribution in [2.75, 3.05) is 44.7 Å². The van der Waals surface area contributed by atoms with Gasteiger partial charge in [0.2, 0.25) is 11.8 Å². The van der Waals surface area contributed by atoms with Crippen LogP contribution >= 0.6 is 11.6 Å².